The minimum Gasteiger partial charge on any atom is -0.349 e. The van der Waals surface area contributed by atoms with Crippen LogP contribution in [-0.4, -0.2) is 23.9 Å². The number of carbonyl (C=O) groups is 2. The van der Waals surface area contributed by atoms with Gasteiger partial charge in [-0.25, -0.2) is 0 Å². The Bertz CT molecular complexity index is 1200. The van der Waals surface area contributed by atoms with Crippen LogP contribution in [0.1, 0.15) is 50.7 Å². The summed E-state index contributed by atoms with van der Waals surface area (Å²) in [6.45, 7) is 8.16. The normalized spacial score (nSPS) is 16.2. The quantitative estimate of drug-likeness (QED) is 0.199. The van der Waals surface area contributed by atoms with Crippen LogP contribution in [0.4, 0.5) is 37.7 Å². The van der Waals surface area contributed by atoms with E-state index in [1.165, 1.54) is 0 Å². The third-order valence-electron chi connectivity index (χ3n) is 5.38. The predicted molar refractivity (Wildman–Crippen MR) is 138 cm³/mol. The first kappa shape index (κ1) is 32.9. The molecule has 0 aromatic heterocycles. The number of hydrogen-bond donors (Lipinski definition) is 2. The van der Waals surface area contributed by atoms with Crippen molar-refractivity contribution in [3.05, 3.63) is 69.7 Å². The molecule has 0 fully saturated rings. The molecule has 1 radical (unpaired) electrons. The standard InChI is InChI=1S/2C13H12F3NOS.Cu/c2*1-7(2)8-3-4-9-10(5-8)19-12(17-9)6-11(18)13(14,15)16;/h2*3-7,17H,1-2H3;. The number of ketones is 2. The molecular formula is C26H24CuF6N2O2S2. The summed E-state index contributed by atoms with van der Waals surface area (Å²) >= 11 is 2.28. The van der Waals surface area contributed by atoms with Gasteiger partial charge >= 0.3 is 12.4 Å². The molecule has 0 spiro atoms. The van der Waals surface area contributed by atoms with Gasteiger partial charge in [-0.15, -0.1) is 0 Å². The van der Waals surface area contributed by atoms with Gasteiger partial charge < -0.3 is 10.6 Å². The Balaban J connectivity index is 0.000000267. The van der Waals surface area contributed by atoms with Crippen LogP contribution < -0.4 is 10.6 Å². The Morgan fingerprint density at radius 3 is 1.31 bits per heavy atom. The zero-order valence-corrected chi connectivity index (χ0v) is 23.6. The fourth-order valence-electron chi connectivity index (χ4n) is 3.26. The van der Waals surface area contributed by atoms with E-state index in [-0.39, 0.29) is 27.1 Å². The Kier molecular flexibility index (Phi) is 10.9. The van der Waals surface area contributed by atoms with E-state index in [9.17, 15) is 35.9 Å². The number of thioether (sulfide) groups is 2. The first-order valence-electron chi connectivity index (χ1n) is 11.4. The summed E-state index contributed by atoms with van der Waals surface area (Å²) in [5, 5.41) is 6.03. The van der Waals surface area contributed by atoms with Crippen molar-refractivity contribution in [1.82, 2.24) is 0 Å². The van der Waals surface area contributed by atoms with Gasteiger partial charge in [-0.1, -0.05) is 63.4 Å². The van der Waals surface area contributed by atoms with Crippen molar-refractivity contribution < 1.29 is 53.0 Å². The zero-order chi connectivity index (χ0) is 28.4. The second-order valence-electron chi connectivity index (χ2n) is 9.02. The molecule has 2 heterocycles. The van der Waals surface area contributed by atoms with Crippen LogP contribution in [0.2, 0.25) is 0 Å². The van der Waals surface area contributed by atoms with Gasteiger partial charge in [0, 0.05) is 39.0 Å². The van der Waals surface area contributed by atoms with E-state index in [1.54, 1.807) is 0 Å². The third kappa shape index (κ3) is 8.83. The van der Waals surface area contributed by atoms with Crippen LogP contribution in [0.25, 0.3) is 0 Å². The average molecular weight is 638 g/mol. The van der Waals surface area contributed by atoms with E-state index in [0.717, 1.165) is 55.8 Å². The van der Waals surface area contributed by atoms with Crippen molar-refractivity contribution >= 4 is 46.5 Å². The van der Waals surface area contributed by atoms with Gasteiger partial charge in [-0.3, -0.25) is 9.59 Å². The van der Waals surface area contributed by atoms with Crippen molar-refractivity contribution in [1.29, 1.82) is 0 Å². The van der Waals surface area contributed by atoms with E-state index in [1.807, 2.05) is 64.1 Å². The van der Waals surface area contributed by atoms with Gasteiger partial charge in [0.05, 0.1) is 21.4 Å². The van der Waals surface area contributed by atoms with Gasteiger partial charge in [0.25, 0.3) is 11.6 Å². The van der Waals surface area contributed by atoms with Crippen molar-refractivity contribution in [2.75, 3.05) is 10.6 Å². The number of rotatable bonds is 4. The fourth-order valence-corrected chi connectivity index (χ4v) is 5.23. The SMILES string of the molecule is CC(C)c1ccc2c(c1)SC(=CC(=O)C(F)(F)F)N2.CC(C)c1ccc2c(c1)SC(=CC(=O)C(F)(F)F)N2.[Cu]. The number of benzene rings is 2. The van der Waals surface area contributed by atoms with Gasteiger partial charge in [0.2, 0.25) is 0 Å². The number of allylic oxidation sites excluding steroid dienone is 2. The second kappa shape index (κ2) is 12.9. The minimum absolute atomic E-state index is 0. The number of hydrogen-bond acceptors (Lipinski definition) is 6. The summed E-state index contributed by atoms with van der Waals surface area (Å²) in [5.41, 5.74) is 3.68. The summed E-state index contributed by atoms with van der Waals surface area (Å²) in [4.78, 5) is 23.5. The molecule has 13 heteroatoms. The molecule has 2 N–H and O–H groups in total. The Labute approximate surface area is 240 Å². The Morgan fingerprint density at radius 1 is 0.692 bits per heavy atom. The molecule has 215 valence electrons. The smallest absolute Gasteiger partial charge is 0.349 e. The molecule has 0 saturated heterocycles. The molecule has 2 aromatic carbocycles. The number of nitrogens with one attached hydrogen (secondary N) is 2. The van der Waals surface area contributed by atoms with E-state index in [4.69, 9.17) is 0 Å². The van der Waals surface area contributed by atoms with Crippen LogP contribution in [0, 0.1) is 0 Å². The summed E-state index contributed by atoms with van der Waals surface area (Å²) in [6.07, 6.45) is -8.46. The first-order valence-corrected chi connectivity index (χ1v) is 13.0. The molecule has 0 atom stereocenters. The molecule has 0 saturated carbocycles. The minimum atomic E-state index is -4.83. The third-order valence-corrected chi connectivity index (χ3v) is 7.38. The van der Waals surface area contributed by atoms with Crippen molar-refractivity contribution in [3.8, 4) is 0 Å². The monoisotopic (exact) mass is 637 g/mol. The second-order valence-corrected chi connectivity index (χ2v) is 11.2. The van der Waals surface area contributed by atoms with Crippen LogP contribution in [0.5, 0.6) is 0 Å². The maximum absolute atomic E-state index is 12.2. The van der Waals surface area contributed by atoms with Crippen LogP contribution in [0.15, 0.2) is 68.4 Å². The number of fused-ring (bicyclic) bond motifs is 2. The van der Waals surface area contributed by atoms with Gasteiger partial charge in [0.15, 0.2) is 0 Å². The molecule has 0 aliphatic carbocycles. The van der Waals surface area contributed by atoms with Crippen molar-refractivity contribution in [3.63, 3.8) is 0 Å². The van der Waals surface area contributed by atoms with Gasteiger partial charge in [0.1, 0.15) is 0 Å². The molecule has 0 amide bonds. The predicted octanol–water partition coefficient (Wildman–Crippen LogP) is 8.60. The molecule has 0 unspecified atom stereocenters. The molecule has 4 rings (SSSR count). The summed E-state index contributed by atoms with van der Waals surface area (Å²) in [6, 6.07) is 11.3. The molecule has 4 nitrogen and oxygen atoms in total. The molecule has 0 bridgehead atoms. The molecule has 2 aliphatic heterocycles. The molecule has 2 aromatic rings. The van der Waals surface area contributed by atoms with Gasteiger partial charge in [-0.2, -0.15) is 26.3 Å². The fraction of sp³-hybridized carbons (Fsp3) is 0.308. The van der Waals surface area contributed by atoms with Crippen molar-refractivity contribution in [2.24, 2.45) is 0 Å². The topological polar surface area (TPSA) is 58.2 Å². The largest absolute Gasteiger partial charge is 0.454 e. The summed E-state index contributed by atoms with van der Waals surface area (Å²) in [5.74, 6) is -3.01. The molecule has 2 aliphatic rings. The summed E-state index contributed by atoms with van der Waals surface area (Å²) < 4.78 is 73.0. The van der Waals surface area contributed by atoms with E-state index in [0.29, 0.717) is 24.0 Å². The van der Waals surface area contributed by atoms with E-state index in [2.05, 4.69) is 10.6 Å². The van der Waals surface area contributed by atoms with E-state index < -0.39 is 23.9 Å². The first-order chi connectivity index (χ1) is 17.5. The van der Waals surface area contributed by atoms with Gasteiger partial charge in [-0.05, 0) is 47.2 Å². The summed E-state index contributed by atoms with van der Waals surface area (Å²) in [7, 11) is 0. The number of alkyl halides is 6. The number of carbonyl (C=O) groups excluding carboxylic acids is 2. The van der Waals surface area contributed by atoms with Crippen molar-refractivity contribution in [2.45, 2.75) is 61.7 Å². The zero-order valence-electron chi connectivity index (χ0n) is 21.0. The Hall–Kier alpha value is -2.34. The van der Waals surface area contributed by atoms with Crippen LogP contribution in [-0.2, 0) is 26.7 Å². The molecule has 39 heavy (non-hydrogen) atoms. The maximum Gasteiger partial charge on any atom is 0.454 e. The number of anilines is 2. The maximum atomic E-state index is 12.2. The van der Waals surface area contributed by atoms with Crippen LogP contribution in [0.3, 0.4) is 0 Å². The molecular weight excluding hydrogens is 614 g/mol. The Morgan fingerprint density at radius 2 is 1.03 bits per heavy atom. The van der Waals surface area contributed by atoms with Crippen LogP contribution >= 0.6 is 23.5 Å². The average Bonchev–Trinajstić information content (AvgIpc) is 3.39. The number of halogens is 6. The van der Waals surface area contributed by atoms with E-state index >= 15 is 0 Å².